The summed E-state index contributed by atoms with van der Waals surface area (Å²) >= 11 is 2.11. The number of aromatic nitrogens is 2. The third-order valence-corrected chi connectivity index (χ3v) is 5.53. The SMILES string of the molecule is CSC1=C(C(=O)O)N2C(=O)[C@@H](NC(=O)/C(=N/O)c3nsc(N)n3)C2CC1. The molecule has 1 saturated heterocycles. The molecule has 1 aromatic rings. The van der Waals surface area contributed by atoms with E-state index in [2.05, 4.69) is 19.8 Å². The number of carboxylic acid groups (broad SMARTS) is 1. The number of nitrogens with two attached hydrogens (primary N) is 1. The average Bonchev–Trinajstić information content (AvgIpc) is 3.04. The molecule has 0 spiro atoms. The largest absolute Gasteiger partial charge is 0.477 e. The van der Waals surface area contributed by atoms with Crippen LogP contribution in [0.5, 0.6) is 0 Å². The van der Waals surface area contributed by atoms with Gasteiger partial charge in [0.15, 0.2) is 5.13 Å². The molecule has 2 aliphatic heterocycles. The van der Waals surface area contributed by atoms with E-state index < -0.39 is 35.6 Å². The van der Waals surface area contributed by atoms with Crippen molar-refractivity contribution in [2.24, 2.45) is 5.16 Å². The number of hydrogen-bond acceptors (Lipinski definition) is 10. The third kappa shape index (κ3) is 2.88. The van der Waals surface area contributed by atoms with E-state index in [1.165, 1.54) is 16.7 Å². The molecule has 138 valence electrons. The lowest BCUT2D eigenvalue weighted by molar-refractivity contribution is -0.155. The van der Waals surface area contributed by atoms with Crippen molar-refractivity contribution < 1.29 is 24.7 Å². The molecule has 13 heteroatoms. The summed E-state index contributed by atoms with van der Waals surface area (Å²) in [5.41, 5.74) is 4.92. The number of carboxylic acids is 1. The van der Waals surface area contributed by atoms with Crippen molar-refractivity contribution in [1.82, 2.24) is 19.6 Å². The summed E-state index contributed by atoms with van der Waals surface area (Å²) in [6.07, 6.45) is 2.75. The molecule has 0 aromatic carbocycles. The summed E-state index contributed by atoms with van der Waals surface area (Å²) in [4.78, 5) is 41.8. The Labute approximate surface area is 155 Å². The number of nitrogen functional groups attached to an aromatic ring is 1. The number of carbonyl (C=O) groups is 3. The van der Waals surface area contributed by atoms with Gasteiger partial charge < -0.3 is 21.4 Å². The van der Waals surface area contributed by atoms with Crippen molar-refractivity contribution in [3.05, 3.63) is 16.4 Å². The van der Waals surface area contributed by atoms with Crippen molar-refractivity contribution in [1.29, 1.82) is 0 Å². The van der Waals surface area contributed by atoms with Gasteiger partial charge in [-0.15, -0.1) is 11.8 Å². The number of allylic oxidation sites excluding steroid dienone is 1. The summed E-state index contributed by atoms with van der Waals surface area (Å²) in [6, 6.07) is -1.38. The first-order valence-electron chi connectivity index (χ1n) is 7.35. The molecule has 0 aliphatic carbocycles. The van der Waals surface area contributed by atoms with Crippen LogP contribution in [-0.2, 0) is 14.4 Å². The smallest absolute Gasteiger partial charge is 0.353 e. The third-order valence-electron chi connectivity index (χ3n) is 4.10. The van der Waals surface area contributed by atoms with Crippen LogP contribution < -0.4 is 11.1 Å². The first kappa shape index (κ1) is 18.1. The molecule has 5 N–H and O–H groups in total. The Kier molecular flexibility index (Phi) is 4.82. The van der Waals surface area contributed by atoms with Crippen LogP contribution in [0.3, 0.4) is 0 Å². The van der Waals surface area contributed by atoms with Crippen LogP contribution in [0.4, 0.5) is 5.13 Å². The molecule has 2 amide bonds. The van der Waals surface area contributed by atoms with Crippen molar-refractivity contribution in [2.45, 2.75) is 24.9 Å². The first-order valence-corrected chi connectivity index (χ1v) is 9.34. The number of oxime groups is 1. The highest BCUT2D eigenvalue weighted by molar-refractivity contribution is 8.02. The van der Waals surface area contributed by atoms with Gasteiger partial charge >= 0.3 is 5.97 Å². The van der Waals surface area contributed by atoms with E-state index in [4.69, 9.17) is 10.9 Å². The van der Waals surface area contributed by atoms with Crippen LogP contribution in [-0.4, -0.2) is 66.4 Å². The highest BCUT2D eigenvalue weighted by Gasteiger charge is 2.53. The minimum absolute atomic E-state index is 0.0470. The molecule has 2 atom stereocenters. The molecule has 11 nitrogen and oxygen atoms in total. The quantitative estimate of drug-likeness (QED) is 0.220. The summed E-state index contributed by atoms with van der Waals surface area (Å²) in [7, 11) is 0. The molecule has 0 saturated carbocycles. The van der Waals surface area contributed by atoms with E-state index in [0.717, 1.165) is 11.5 Å². The van der Waals surface area contributed by atoms with Gasteiger partial charge in [0, 0.05) is 16.4 Å². The van der Waals surface area contributed by atoms with Crippen LogP contribution in [0.15, 0.2) is 15.8 Å². The highest BCUT2D eigenvalue weighted by Crippen LogP contribution is 2.39. The Hall–Kier alpha value is -2.67. The number of fused-ring (bicyclic) bond motifs is 1. The summed E-state index contributed by atoms with van der Waals surface area (Å²) < 4.78 is 3.79. The predicted molar refractivity (Wildman–Crippen MR) is 92.6 cm³/mol. The second kappa shape index (κ2) is 6.92. The number of aliphatic carboxylic acids is 1. The van der Waals surface area contributed by atoms with Gasteiger partial charge in [0.2, 0.25) is 11.5 Å². The van der Waals surface area contributed by atoms with Gasteiger partial charge in [0.1, 0.15) is 11.7 Å². The number of amides is 2. The van der Waals surface area contributed by atoms with Crippen LogP contribution in [0.25, 0.3) is 0 Å². The lowest BCUT2D eigenvalue weighted by atomic mass is 9.86. The maximum absolute atomic E-state index is 12.4. The van der Waals surface area contributed by atoms with Gasteiger partial charge in [0.25, 0.3) is 11.8 Å². The second-order valence-electron chi connectivity index (χ2n) is 5.45. The standard InChI is InChI=1S/C13H14N6O5S2/c1-25-5-3-2-4-6(11(21)19(4)8(5)12(22)23)15-10(20)7(17-24)9-16-13(14)26-18-9/h4,6,24H,2-3H2,1H3,(H,15,20)(H,22,23)(H2,14,16,18)/b17-7+/t4?,6-/m0/s1. The number of anilines is 1. The predicted octanol–water partition coefficient (Wildman–Crippen LogP) is -0.553. The monoisotopic (exact) mass is 398 g/mol. The fourth-order valence-electron chi connectivity index (χ4n) is 2.96. The average molecular weight is 398 g/mol. The molecule has 3 rings (SSSR count). The van der Waals surface area contributed by atoms with Crippen molar-refractivity contribution in [3.63, 3.8) is 0 Å². The summed E-state index contributed by atoms with van der Waals surface area (Å²) in [5, 5.41) is 23.9. The Balaban J connectivity index is 1.77. The van der Waals surface area contributed by atoms with Crippen molar-refractivity contribution >= 4 is 51.9 Å². The zero-order valence-corrected chi connectivity index (χ0v) is 15.0. The van der Waals surface area contributed by atoms with Crippen molar-refractivity contribution in [2.75, 3.05) is 12.0 Å². The van der Waals surface area contributed by atoms with Gasteiger partial charge in [-0.25, -0.2) is 4.79 Å². The maximum Gasteiger partial charge on any atom is 0.353 e. The Bertz CT molecular complexity index is 850. The molecule has 26 heavy (non-hydrogen) atoms. The summed E-state index contributed by atoms with van der Waals surface area (Å²) in [6.45, 7) is 0. The fraction of sp³-hybridized carbons (Fsp3) is 0.385. The van der Waals surface area contributed by atoms with E-state index in [1.54, 1.807) is 6.26 Å². The molecule has 0 bridgehead atoms. The van der Waals surface area contributed by atoms with E-state index in [0.29, 0.717) is 17.7 Å². The van der Waals surface area contributed by atoms with Crippen LogP contribution in [0.2, 0.25) is 0 Å². The zero-order valence-electron chi connectivity index (χ0n) is 13.4. The van der Waals surface area contributed by atoms with E-state index >= 15 is 0 Å². The second-order valence-corrected chi connectivity index (χ2v) is 7.14. The minimum atomic E-state index is -1.18. The van der Waals surface area contributed by atoms with Gasteiger partial charge in [-0.1, -0.05) is 5.16 Å². The van der Waals surface area contributed by atoms with Gasteiger partial charge in [-0.05, 0) is 19.1 Å². The van der Waals surface area contributed by atoms with Crippen LogP contribution in [0.1, 0.15) is 18.7 Å². The maximum atomic E-state index is 12.4. The van der Waals surface area contributed by atoms with Crippen LogP contribution >= 0.6 is 23.3 Å². The number of rotatable bonds is 5. The molecule has 1 fully saturated rings. The van der Waals surface area contributed by atoms with E-state index in [9.17, 15) is 19.5 Å². The molecule has 1 aromatic heterocycles. The number of nitrogens with one attached hydrogen (secondary N) is 1. The van der Waals surface area contributed by atoms with Gasteiger partial charge in [0.05, 0.1) is 6.04 Å². The van der Waals surface area contributed by atoms with E-state index in [-0.39, 0.29) is 16.7 Å². The number of carbonyl (C=O) groups excluding carboxylic acids is 2. The van der Waals surface area contributed by atoms with Gasteiger partial charge in [-0.2, -0.15) is 9.36 Å². The number of nitrogens with zero attached hydrogens (tertiary/aromatic N) is 4. The molecule has 2 aliphatic rings. The number of hydrogen-bond donors (Lipinski definition) is 4. The number of thioether (sulfide) groups is 1. The molecular weight excluding hydrogens is 384 g/mol. The molecule has 3 heterocycles. The fourth-order valence-corrected chi connectivity index (χ4v) is 4.10. The zero-order chi connectivity index (χ0) is 19.0. The highest BCUT2D eigenvalue weighted by atomic mass is 32.2. The normalized spacial score (nSPS) is 22.7. The Morgan fingerprint density at radius 3 is 2.77 bits per heavy atom. The topological polar surface area (TPSA) is 171 Å². The first-order chi connectivity index (χ1) is 12.4. The Morgan fingerprint density at radius 1 is 1.50 bits per heavy atom. The molecular formula is C13H14N6O5S2. The molecule has 0 radical (unpaired) electrons. The van der Waals surface area contributed by atoms with Gasteiger partial charge in [-0.3, -0.25) is 14.5 Å². The molecule has 1 unspecified atom stereocenters. The summed E-state index contributed by atoms with van der Waals surface area (Å²) in [5.74, 6) is -2.72. The van der Waals surface area contributed by atoms with Crippen molar-refractivity contribution in [3.8, 4) is 0 Å². The lowest BCUT2D eigenvalue weighted by Crippen LogP contribution is -2.72. The minimum Gasteiger partial charge on any atom is -0.477 e. The van der Waals surface area contributed by atoms with Crippen LogP contribution in [0, 0.1) is 0 Å². The lowest BCUT2D eigenvalue weighted by Gasteiger charge is -2.49. The van der Waals surface area contributed by atoms with E-state index in [1.807, 2.05) is 0 Å². The number of β-lactam (4-membered cyclic amide) rings is 1. The Morgan fingerprint density at radius 2 is 2.23 bits per heavy atom.